The Labute approximate surface area is 136 Å². The number of hydrazine groups is 1. The molecule has 1 aromatic heterocycles. The third kappa shape index (κ3) is 4.41. The van der Waals surface area contributed by atoms with Crippen molar-refractivity contribution in [2.75, 3.05) is 0 Å². The number of pyridine rings is 1. The fourth-order valence-corrected chi connectivity index (χ4v) is 2.98. The number of nitrogens with one attached hydrogen (secondary N) is 3. The molecule has 2 aromatic rings. The van der Waals surface area contributed by atoms with Crippen molar-refractivity contribution in [1.82, 2.24) is 20.6 Å². The maximum absolute atomic E-state index is 12.0. The third-order valence-corrected chi connectivity index (χ3v) is 4.40. The van der Waals surface area contributed by atoms with E-state index in [-0.39, 0.29) is 15.5 Å². The Morgan fingerprint density at radius 1 is 1.04 bits per heavy atom. The number of carbonyl (C=O) groups excluding carboxylic acids is 2. The molecule has 0 unspecified atom stereocenters. The molecule has 0 aliphatic heterocycles. The van der Waals surface area contributed by atoms with Crippen LogP contribution in [0.4, 0.5) is 4.79 Å². The molecule has 0 fully saturated rings. The second-order valence-electron chi connectivity index (χ2n) is 4.19. The Morgan fingerprint density at radius 3 is 2.43 bits per heavy atom. The normalized spacial score (nSPS) is 10.7. The molecule has 0 aliphatic rings. The summed E-state index contributed by atoms with van der Waals surface area (Å²) in [5.74, 6) is -0.650. The maximum atomic E-state index is 12.0. The van der Waals surface area contributed by atoms with Gasteiger partial charge in [-0.15, -0.1) is 0 Å². The zero-order chi connectivity index (χ0) is 16.9. The van der Waals surface area contributed by atoms with Gasteiger partial charge in [-0.3, -0.25) is 15.2 Å². The highest BCUT2D eigenvalue weighted by molar-refractivity contribution is 7.90. The van der Waals surface area contributed by atoms with E-state index in [2.05, 4.69) is 4.98 Å². The van der Waals surface area contributed by atoms with Gasteiger partial charge in [-0.25, -0.2) is 23.4 Å². The number of aromatic nitrogens is 1. The maximum Gasteiger partial charge on any atom is 0.347 e. The third-order valence-electron chi connectivity index (χ3n) is 2.57. The van der Waals surface area contributed by atoms with E-state index in [1.807, 2.05) is 10.9 Å². The van der Waals surface area contributed by atoms with E-state index >= 15 is 0 Å². The van der Waals surface area contributed by atoms with Crippen LogP contribution < -0.4 is 15.6 Å². The number of sulfonamides is 1. The highest BCUT2D eigenvalue weighted by Crippen LogP contribution is 2.19. The molecule has 0 atom stereocenters. The summed E-state index contributed by atoms with van der Waals surface area (Å²) in [5.41, 5.74) is 4.17. The number of benzene rings is 1. The lowest BCUT2D eigenvalue weighted by atomic mass is 10.3. The smallest absolute Gasteiger partial charge is 0.267 e. The molecule has 8 nitrogen and oxygen atoms in total. The molecule has 3 amide bonds. The minimum absolute atomic E-state index is 0.0350. The van der Waals surface area contributed by atoms with Crippen LogP contribution in [0.2, 0.25) is 5.02 Å². The van der Waals surface area contributed by atoms with E-state index in [1.165, 1.54) is 42.7 Å². The zero-order valence-corrected chi connectivity index (χ0v) is 13.1. The van der Waals surface area contributed by atoms with Gasteiger partial charge >= 0.3 is 6.03 Å². The van der Waals surface area contributed by atoms with E-state index in [1.54, 1.807) is 10.8 Å². The molecule has 120 valence electrons. The van der Waals surface area contributed by atoms with Crippen LogP contribution in [0, 0.1) is 0 Å². The van der Waals surface area contributed by atoms with E-state index in [4.69, 9.17) is 11.6 Å². The molecule has 10 heteroatoms. The van der Waals surface area contributed by atoms with E-state index in [0.29, 0.717) is 0 Å². The highest BCUT2D eigenvalue weighted by Gasteiger charge is 2.20. The zero-order valence-electron chi connectivity index (χ0n) is 11.5. The fourth-order valence-electron chi connectivity index (χ4n) is 1.55. The lowest BCUT2D eigenvalue weighted by Gasteiger charge is -2.10. The van der Waals surface area contributed by atoms with Crippen molar-refractivity contribution in [1.29, 1.82) is 0 Å². The quantitative estimate of drug-likeness (QED) is 0.713. The highest BCUT2D eigenvalue weighted by atomic mass is 35.5. The average molecular weight is 355 g/mol. The number of nitrogens with zero attached hydrogens (tertiary/aromatic N) is 1. The van der Waals surface area contributed by atoms with Crippen molar-refractivity contribution in [2.45, 2.75) is 4.90 Å². The van der Waals surface area contributed by atoms with Gasteiger partial charge in [0.05, 0.1) is 10.6 Å². The first-order valence-corrected chi connectivity index (χ1v) is 8.04. The average Bonchev–Trinajstić information content (AvgIpc) is 2.53. The van der Waals surface area contributed by atoms with Crippen molar-refractivity contribution >= 4 is 33.6 Å². The number of hydrogen-bond donors (Lipinski definition) is 3. The minimum atomic E-state index is -4.16. The largest absolute Gasteiger partial charge is 0.347 e. The summed E-state index contributed by atoms with van der Waals surface area (Å²) < 4.78 is 25.7. The molecule has 23 heavy (non-hydrogen) atoms. The van der Waals surface area contributed by atoms with Gasteiger partial charge in [0.1, 0.15) is 4.90 Å². The number of rotatable bonds is 3. The SMILES string of the molecule is O=C(NNC(=O)c1cccnc1)NS(=O)(=O)c1ccccc1Cl. The molecule has 3 N–H and O–H groups in total. The Balaban J connectivity index is 1.97. The van der Waals surface area contributed by atoms with Gasteiger partial charge in [0.15, 0.2) is 0 Å². The van der Waals surface area contributed by atoms with Crippen molar-refractivity contribution in [3.8, 4) is 0 Å². The van der Waals surface area contributed by atoms with E-state index in [0.717, 1.165) is 0 Å². The number of carbonyl (C=O) groups is 2. The topological polar surface area (TPSA) is 117 Å². The standard InChI is InChI=1S/C13H11ClN4O4S/c14-10-5-1-2-6-11(10)23(21,22)18-13(20)17-16-12(19)9-4-3-7-15-8-9/h1-8H,(H,16,19)(H2,17,18,20). The van der Waals surface area contributed by atoms with Gasteiger partial charge in [0.25, 0.3) is 15.9 Å². The summed E-state index contributed by atoms with van der Waals surface area (Å²) in [6.07, 6.45) is 2.77. The number of hydrogen-bond acceptors (Lipinski definition) is 5. The van der Waals surface area contributed by atoms with Gasteiger partial charge in [-0.1, -0.05) is 23.7 Å². The first-order chi connectivity index (χ1) is 10.9. The molecule has 0 saturated carbocycles. The Hall–Kier alpha value is -2.65. The van der Waals surface area contributed by atoms with Gasteiger partial charge < -0.3 is 0 Å². The predicted octanol–water partition coefficient (Wildman–Crippen LogP) is 1.07. The van der Waals surface area contributed by atoms with Crippen molar-refractivity contribution in [3.63, 3.8) is 0 Å². The van der Waals surface area contributed by atoms with E-state index < -0.39 is 22.0 Å². The van der Waals surface area contributed by atoms with Crippen LogP contribution in [-0.2, 0) is 10.0 Å². The second kappa shape index (κ2) is 7.07. The molecule has 1 aromatic carbocycles. The lowest BCUT2D eigenvalue weighted by molar-refractivity contribution is 0.0936. The van der Waals surface area contributed by atoms with Crippen LogP contribution >= 0.6 is 11.6 Å². The minimum Gasteiger partial charge on any atom is -0.267 e. The Morgan fingerprint density at radius 2 is 1.78 bits per heavy atom. The Bertz CT molecular complexity index is 827. The molecule has 0 bridgehead atoms. The van der Waals surface area contributed by atoms with Crippen molar-refractivity contribution < 1.29 is 18.0 Å². The molecular formula is C13H11ClN4O4S. The first-order valence-electron chi connectivity index (χ1n) is 6.18. The summed E-state index contributed by atoms with van der Waals surface area (Å²) >= 11 is 5.77. The molecule has 0 radical (unpaired) electrons. The molecule has 0 aliphatic carbocycles. The van der Waals surface area contributed by atoms with Crippen LogP contribution in [-0.4, -0.2) is 25.3 Å². The molecular weight excluding hydrogens is 344 g/mol. The number of halogens is 1. The van der Waals surface area contributed by atoms with Crippen LogP contribution in [0.15, 0.2) is 53.7 Å². The Kier molecular flexibility index (Phi) is 5.14. The van der Waals surface area contributed by atoms with Crippen LogP contribution in [0.5, 0.6) is 0 Å². The second-order valence-corrected chi connectivity index (χ2v) is 6.24. The summed E-state index contributed by atoms with van der Waals surface area (Å²) in [5, 5.41) is -0.0350. The lowest BCUT2D eigenvalue weighted by Crippen LogP contribution is -2.48. The summed E-state index contributed by atoms with van der Waals surface area (Å²) in [6, 6.07) is 7.50. The van der Waals surface area contributed by atoms with E-state index in [9.17, 15) is 18.0 Å². The molecule has 0 spiro atoms. The predicted molar refractivity (Wildman–Crippen MR) is 82.0 cm³/mol. The monoisotopic (exact) mass is 354 g/mol. The first kappa shape index (κ1) is 16.7. The summed E-state index contributed by atoms with van der Waals surface area (Å²) in [6.45, 7) is 0. The van der Waals surface area contributed by atoms with Crippen LogP contribution in [0.25, 0.3) is 0 Å². The summed E-state index contributed by atoms with van der Waals surface area (Å²) in [7, 11) is -4.16. The molecule has 2 rings (SSSR count). The van der Waals surface area contributed by atoms with Gasteiger partial charge in [0.2, 0.25) is 0 Å². The van der Waals surface area contributed by atoms with Gasteiger partial charge in [-0.2, -0.15) is 0 Å². The fraction of sp³-hybridized carbons (Fsp3) is 0. The molecule has 1 heterocycles. The van der Waals surface area contributed by atoms with Gasteiger partial charge in [0, 0.05) is 12.4 Å². The van der Waals surface area contributed by atoms with Gasteiger partial charge in [-0.05, 0) is 24.3 Å². The van der Waals surface area contributed by atoms with Crippen LogP contribution in [0.3, 0.4) is 0 Å². The molecule has 0 saturated heterocycles. The number of amides is 3. The summed E-state index contributed by atoms with van der Waals surface area (Å²) in [4.78, 5) is 26.8. The number of urea groups is 1. The van der Waals surface area contributed by atoms with Crippen molar-refractivity contribution in [3.05, 3.63) is 59.4 Å². The van der Waals surface area contributed by atoms with Crippen molar-refractivity contribution in [2.24, 2.45) is 0 Å². The van der Waals surface area contributed by atoms with Crippen LogP contribution in [0.1, 0.15) is 10.4 Å².